The lowest BCUT2D eigenvalue weighted by Crippen LogP contribution is -2.71. The SMILES string of the molecule is CC(O/N=C(\C(=O)NC1C(=O)N2C(C(=O)O)=C(CSc3nnnn3CCCN3CCN(C)CC3)CS[C@H]12)c1nsc(N)n1)C(=O)O. The number of β-lactam (4-membered cyclic amide) rings is 1. The fourth-order valence-electron chi connectivity index (χ4n) is 4.80. The zero-order valence-corrected chi connectivity index (χ0v) is 27.3. The number of amides is 2. The number of piperazine rings is 1. The number of nitrogen functional groups attached to an aromatic ring is 1. The highest BCUT2D eigenvalue weighted by atomic mass is 32.2. The molecular weight excluding hydrogens is 665 g/mol. The number of hydrogen-bond acceptors (Lipinski definition) is 17. The molecule has 19 nitrogen and oxygen atoms in total. The Balaban J connectivity index is 1.21. The van der Waals surface area contributed by atoms with Gasteiger partial charge in [0.1, 0.15) is 17.1 Å². The number of anilines is 1. The molecule has 2 fully saturated rings. The highest BCUT2D eigenvalue weighted by molar-refractivity contribution is 8.01. The van der Waals surface area contributed by atoms with Gasteiger partial charge in [0.2, 0.25) is 22.8 Å². The van der Waals surface area contributed by atoms with E-state index in [9.17, 15) is 24.3 Å². The van der Waals surface area contributed by atoms with Crippen LogP contribution in [0.5, 0.6) is 0 Å². The summed E-state index contributed by atoms with van der Waals surface area (Å²) in [6, 6.07) is -1.09. The summed E-state index contributed by atoms with van der Waals surface area (Å²) < 4.78 is 5.62. The average molecular weight is 697 g/mol. The average Bonchev–Trinajstić information content (AvgIpc) is 3.67. The molecular formula is C24H32N12O7S3. The zero-order chi connectivity index (χ0) is 33.0. The van der Waals surface area contributed by atoms with E-state index in [0.717, 1.165) is 55.6 Å². The van der Waals surface area contributed by atoms with Crippen LogP contribution in [-0.4, -0.2) is 153 Å². The molecule has 2 saturated heterocycles. The summed E-state index contributed by atoms with van der Waals surface area (Å²) in [5, 5.41) is 37.1. The third kappa shape index (κ3) is 7.57. The molecule has 3 aliphatic heterocycles. The standard InChI is InChI=1S/C24H32N12O7S3/c1-12(21(39)40)43-29-14(17-27-23(25)46-30-17)18(37)26-15-19(38)36-16(22(41)42)13(10-44-20(15)36)11-45-24-28-31-32-35(24)5-3-4-34-8-6-33(2)7-9-34/h12,15,20H,3-11H2,1-2H3,(H,26,37)(H,39,40)(H,41,42)(H2,25,27,30)/b29-14-/t12?,15?,20-/m1/s1. The van der Waals surface area contributed by atoms with Gasteiger partial charge in [-0.2, -0.15) is 9.36 Å². The van der Waals surface area contributed by atoms with Crippen LogP contribution in [-0.2, 0) is 30.6 Å². The van der Waals surface area contributed by atoms with Crippen molar-refractivity contribution in [3.05, 3.63) is 17.1 Å². The van der Waals surface area contributed by atoms with Crippen LogP contribution < -0.4 is 11.1 Å². The maximum absolute atomic E-state index is 13.2. The summed E-state index contributed by atoms with van der Waals surface area (Å²) in [6.07, 6.45) is -0.527. The molecule has 0 bridgehead atoms. The molecule has 2 amide bonds. The number of nitrogens with zero attached hydrogens (tertiary/aromatic N) is 10. The van der Waals surface area contributed by atoms with E-state index in [1.54, 1.807) is 4.68 Å². The van der Waals surface area contributed by atoms with E-state index in [-0.39, 0.29) is 28.2 Å². The van der Waals surface area contributed by atoms with Crippen molar-refractivity contribution in [2.45, 2.75) is 42.6 Å². The van der Waals surface area contributed by atoms with Crippen molar-refractivity contribution in [1.29, 1.82) is 0 Å². The van der Waals surface area contributed by atoms with Gasteiger partial charge >= 0.3 is 11.9 Å². The number of aliphatic carboxylic acids is 2. The normalized spacial score (nSPS) is 21.5. The Morgan fingerprint density at radius 1 is 1.22 bits per heavy atom. The molecule has 0 aromatic carbocycles. The van der Waals surface area contributed by atoms with E-state index in [1.165, 1.54) is 30.4 Å². The maximum Gasteiger partial charge on any atom is 0.352 e. The Morgan fingerprint density at radius 3 is 2.65 bits per heavy atom. The number of tetrazole rings is 1. The molecule has 3 aliphatic rings. The Bertz CT molecular complexity index is 1540. The first-order chi connectivity index (χ1) is 22.0. The molecule has 46 heavy (non-hydrogen) atoms. The van der Waals surface area contributed by atoms with Crippen LogP contribution in [0.15, 0.2) is 21.6 Å². The molecule has 3 atom stereocenters. The molecule has 2 aromatic rings. The zero-order valence-electron chi connectivity index (χ0n) is 24.8. The Hall–Kier alpha value is -3.86. The van der Waals surface area contributed by atoms with Crippen LogP contribution >= 0.6 is 35.1 Å². The number of fused-ring (bicyclic) bond motifs is 1. The summed E-state index contributed by atoms with van der Waals surface area (Å²) in [5.74, 6) is -3.84. The van der Waals surface area contributed by atoms with Crippen molar-refractivity contribution >= 4 is 69.7 Å². The van der Waals surface area contributed by atoms with Gasteiger partial charge in [-0.1, -0.05) is 16.9 Å². The van der Waals surface area contributed by atoms with Gasteiger partial charge in [-0.3, -0.25) is 14.5 Å². The van der Waals surface area contributed by atoms with Gasteiger partial charge < -0.3 is 35.9 Å². The van der Waals surface area contributed by atoms with Gasteiger partial charge in [-0.15, -0.1) is 16.9 Å². The molecule has 2 aromatic heterocycles. The summed E-state index contributed by atoms with van der Waals surface area (Å²) >= 11 is 3.36. The lowest BCUT2D eigenvalue weighted by atomic mass is 10.0. The van der Waals surface area contributed by atoms with E-state index in [1.807, 2.05) is 0 Å². The first-order valence-electron chi connectivity index (χ1n) is 14.1. The number of carbonyl (C=O) groups is 4. The summed E-state index contributed by atoms with van der Waals surface area (Å²) in [7, 11) is 2.11. The van der Waals surface area contributed by atoms with Crippen molar-refractivity contribution in [2.75, 3.05) is 57.0 Å². The molecule has 5 rings (SSSR count). The number of rotatable bonds is 14. The number of thioether (sulfide) groups is 2. The third-order valence-corrected chi connectivity index (χ3v) is 10.3. The predicted molar refractivity (Wildman–Crippen MR) is 166 cm³/mol. The number of carboxylic acid groups (broad SMARTS) is 2. The van der Waals surface area contributed by atoms with Crippen molar-refractivity contribution in [3.8, 4) is 0 Å². The van der Waals surface area contributed by atoms with Gasteiger partial charge in [0.25, 0.3) is 11.8 Å². The van der Waals surface area contributed by atoms with Gasteiger partial charge in [-0.05, 0) is 36.4 Å². The smallest absolute Gasteiger partial charge is 0.352 e. The number of nitrogens with two attached hydrogens (primary N) is 1. The van der Waals surface area contributed by atoms with Crippen LogP contribution in [0.25, 0.3) is 0 Å². The van der Waals surface area contributed by atoms with E-state index >= 15 is 0 Å². The number of nitrogens with one attached hydrogen (secondary N) is 1. The first kappa shape index (κ1) is 33.5. The number of aryl methyl sites for hydroxylation is 1. The fraction of sp³-hybridized carbons (Fsp3) is 0.583. The minimum absolute atomic E-state index is 0.0249. The first-order valence-corrected chi connectivity index (χ1v) is 16.9. The lowest BCUT2D eigenvalue weighted by Gasteiger charge is -2.49. The van der Waals surface area contributed by atoms with Gasteiger partial charge in [0.05, 0.1) is 0 Å². The second kappa shape index (κ2) is 14.7. The van der Waals surface area contributed by atoms with Crippen molar-refractivity contribution in [1.82, 2.24) is 49.6 Å². The van der Waals surface area contributed by atoms with Crippen LogP contribution in [0.4, 0.5) is 5.13 Å². The van der Waals surface area contributed by atoms with E-state index < -0.39 is 47.0 Å². The molecule has 0 radical (unpaired) electrons. The lowest BCUT2D eigenvalue weighted by molar-refractivity contribution is -0.150. The number of aromatic nitrogens is 6. The summed E-state index contributed by atoms with van der Waals surface area (Å²) in [6.45, 7) is 6.87. The number of carboxylic acids is 2. The van der Waals surface area contributed by atoms with Crippen LogP contribution in [0, 0.1) is 0 Å². The van der Waals surface area contributed by atoms with E-state index in [0.29, 0.717) is 17.3 Å². The minimum Gasteiger partial charge on any atom is -0.478 e. The quantitative estimate of drug-likeness (QED) is 0.0757. The Labute approximate surface area is 274 Å². The summed E-state index contributed by atoms with van der Waals surface area (Å²) in [4.78, 5) is 64.5. The van der Waals surface area contributed by atoms with Gasteiger partial charge in [0.15, 0.2) is 5.13 Å². The number of hydrogen-bond donors (Lipinski definition) is 4. The molecule has 0 spiro atoms. The number of likely N-dealkylation sites (N-methyl/N-ethyl adjacent to an activating group) is 1. The molecule has 5 N–H and O–H groups in total. The third-order valence-electron chi connectivity index (χ3n) is 7.37. The fourth-order valence-corrected chi connectivity index (χ4v) is 7.63. The molecule has 2 unspecified atom stereocenters. The topological polar surface area (TPSA) is 247 Å². The van der Waals surface area contributed by atoms with Crippen molar-refractivity contribution in [2.24, 2.45) is 5.16 Å². The molecule has 0 saturated carbocycles. The highest BCUT2D eigenvalue weighted by Crippen LogP contribution is 2.41. The number of carbonyl (C=O) groups excluding carboxylic acids is 2. The maximum atomic E-state index is 13.2. The molecule has 248 valence electrons. The highest BCUT2D eigenvalue weighted by Gasteiger charge is 2.54. The van der Waals surface area contributed by atoms with Crippen LogP contribution in [0.2, 0.25) is 0 Å². The monoisotopic (exact) mass is 696 g/mol. The van der Waals surface area contributed by atoms with Gasteiger partial charge in [-0.25, -0.2) is 14.3 Å². The molecule has 5 heterocycles. The second-order valence-corrected chi connectivity index (χ2v) is 13.4. The van der Waals surface area contributed by atoms with Crippen LogP contribution in [0.1, 0.15) is 19.2 Å². The molecule has 0 aliphatic carbocycles. The molecule has 22 heteroatoms. The Kier molecular flexibility index (Phi) is 10.7. The van der Waals surface area contributed by atoms with Crippen molar-refractivity contribution in [3.63, 3.8) is 0 Å². The predicted octanol–water partition coefficient (Wildman–Crippen LogP) is -1.53. The Morgan fingerprint density at radius 2 is 1.98 bits per heavy atom. The number of oxime groups is 1. The van der Waals surface area contributed by atoms with E-state index in [4.69, 9.17) is 15.7 Å². The summed E-state index contributed by atoms with van der Waals surface area (Å²) in [5.41, 5.74) is 5.51. The largest absolute Gasteiger partial charge is 0.478 e. The second-order valence-electron chi connectivity index (χ2n) is 10.6. The van der Waals surface area contributed by atoms with Crippen molar-refractivity contribution < 1.29 is 34.2 Å². The van der Waals surface area contributed by atoms with Gasteiger partial charge in [0, 0.05) is 62.3 Å². The van der Waals surface area contributed by atoms with E-state index in [2.05, 4.69) is 52.2 Å². The minimum atomic E-state index is -1.39. The van der Waals surface area contributed by atoms with Crippen LogP contribution in [0.3, 0.4) is 0 Å².